The molecule has 1 aliphatic rings. The minimum Gasteiger partial charge on any atom is -0.504 e. The number of fused-ring (bicyclic) bond motifs is 1. The van der Waals surface area contributed by atoms with E-state index >= 15 is 0 Å². The van der Waals surface area contributed by atoms with Crippen LogP contribution >= 0.6 is 0 Å². The van der Waals surface area contributed by atoms with Gasteiger partial charge in [0.2, 0.25) is 0 Å². The van der Waals surface area contributed by atoms with Gasteiger partial charge in [0.25, 0.3) is 0 Å². The monoisotopic (exact) mass is 223 g/mol. The highest BCUT2D eigenvalue weighted by Gasteiger charge is 2.39. The lowest BCUT2D eigenvalue weighted by molar-refractivity contribution is -0.144. The first-order valence-corrected chi connectivity index (χ1v) is 4.99. The maximum absolute atomic E-state index is 11.2. The SMILES string of the molecule is C[C@]1(C(=O)O)NCCc2cc(O)c(O)cc21. The van der Waals surface area contributed by atoms with Crippen LogP contribution in [0.25, 0.3) is 0 Å². The van der Waals surface area contributed by atoms with Crippen molar-refractivity contribution in [1.82, 2.24) is 5.32 Å². The third-order valence-electron chi connectivity index (χ3n) is 3.04. The first-order chi connectivity index (χ1) is 7.45. The van der Waals surface area contributed by atoms with E-state index in [-0.39, 0.29) is 11.5 Å². The molecule has 86 valence electrons. The summed E-state index contributed by atoms with van der Waals surface area (Å²) in [4.78, 5) is 11.2. The van der Waals surface area contributed by atoms with Gasteiger partial charge in [-0.1, -0.05) is 0 Å². The van der Waals surface area contributed by atoms with Gasteiger partial charge in [0, 0.05) is 6.54 Å². The highest BCUT2D eigenvalue weighted by atomic mass is 16.4. The zero-order valence-corrected chi connectivity index (χ0v) is 8.82. The van der Waals surface area contributed by atoms with Crippen molar-refractivity contribution in [1.29, 1.82) is 0 Å². The van der Waals surface area contributed by atoms with Gasteiger partial charge in [-0.2, -0.15) is 0 Å². The lowest BCUT2D eigenvalue weighted by Gasteiger charge is -2.33. The van der Waals surface area contributed by atoms with Gasteiger partial charge in [0.15, 0.2) is 11.5 Å². The van der Waals surface area contributed by atoms with E-state index in [9.17, 15) is 20.1 Å². The van der Waals surface area contributed by atoms with E-state index in [2.05, 4.69) is 5.32 Å². The molecule has 0 unspecified atom stereocenters. The number of hydrogen-bond donors (Lipinski definition) is 4. The van der Waals surface area contributed by atoms with E-state index in [1.54, 1.807) is 6.92 Å². The molecule has 0 amide bonds. The van der Waals surface area contributed by atoms with Crippen LogP contribution in [-0.4, -0.2) is 27.8 Å². The number of nitrogens with one attached hydrogen (secondary N) is 1. The Hall–Kier alpha value is -1.75. The molecule has 5 nitrogen and oxygen atoms in total. The Bertz CT molecular complexity index is 458. The van der Waals surface area contributed by atoms with Crippen LogP contribution in [0.15, 0.2) is 12.1 Å². The Balaban J connectivity index is 2.63. The predicted molar refractivity (Wildman–Crippen MR) is 56.5 cm³/mol. The number of phenols is 2. The molecule has 16 heavy (non-hydrogen) atoms. The quantitative estimate of drug-likeness (QED) is 0.522. The maximum atomic E-state index is 11.2. The molecule has 4 N–H and O–H groups in total. The number of aromatic hydroxyl groups is 2. The van der Waals surface area contributed by atoms with Crippen LogP contribution in [0.3, 0.4) is 0 Å². The number of hydrogen-bond acceptors (Lipinski definition) is 4. The Morgan fingerprint density at radius 2 is 2.00 bits per heavy atom. The summed E-state index contributed by atoms with van der Waals surface area (Å²) >= 11 is 0. The second-order valence-electron chi connectivity index (χ2n) is 4.10. The van der Waals surface area contributed by atoms with Crippen LogP contribution in [0.5, 0.6) is 11.5 Å². The standard InChI is InChI=1S/C11H13NO4/c1-11(10(15)16)7-5-9(14)8(13)4-6(7)2-3-12-11/h4-5,12-14H,2-3H2,1H3,(H,15,16)/t11-/m0/s1. The van der Waals surface area contributed by atoms with Gasteiger partial charge < -0.3 is 15.3 Å². The van der Waals surface area contributed by atoms with Crippen LogP contribution in [0.4, 0.5) is 0 Å². The molecule has 0 bridgehead atoms. The van der Waals surface area contributed by atoms with Crippen molar-refractivity contribution in [2.45, 2.75) is 18.9 Å². The molecule has 0 aromatic heterocycles. The molecule has 1 aromatic rings. The van der Waals surface area contributed by atoms with E-state index < -0.39 is 11.5 Å². The largest absolute Gasteiger partial charge is 0.504 e. The number of carbonyl (C=O) groups is 1. The highest BCUT2D eigenvalue weighted by Crippen LogP contribution is 2.36. The molecule has 0 saturated heterocycles. The molecule has 0 aliphatic carbocycles. The average molecular weight is 223 g/mol. The predicted octanol–water partition coefficient (Wildman–Crippen LogP) is 0.543. The highest BCUT2D eigenvalue weighted by molar-refractivity contribution is 5.81. The summed E-state index contributed by atoms with van der Waals surface area (Å²) in [5.41, 5.74) is 0.0409. The Kier molecular flexibility index (Phi) is 2.27. The fourth-order valence-corrected chi connectivity index (χ4v) is 2.03. The first kappa shape index (κ1) is 10.8. The molecule has 0 saturated carbocycles. The molecule has 1 atom stereocenters. The first-order valence-electron chi connectivity index (χ1n) is 4.99. The maximum Gasteiger partial charge on any atom is 0.328 e. The number of phenolic OH excluding ortho intramolecular Hbond substituents is 2. The summed E-state index contributed by atoms with van der Waals surface area (Å²) in [6, 6.07) is 2.73. The summed E-state index contributed by atoms with van der Waals surface area (Å²) in [7, 11) is 0. The normalized spacial score (nSPS) is 23.8. The van der Waals surface area contributed by atoms with Crippen molar-refractivity contribution in [2.75, 3.05) is 6.54 Å². The van der Waals surface area contributed by atoms with Crippen molar-refractivity contribution in [3.05, 3.63) is 23.3 Å². The van der Waals surface area contributed by atoms with Crippen molar-refractivity contribution in [3.63, 3.8) is 0 Å². The number of rotatable bonds is 1. The Morgan fingerprint density at radius 1 is 1.38 bits per heavy atom. The zero-order valence-electron chi connectivity index (χ0n) is 8.82. The third-order valence-corrected chi connectivity index (χ3v) is 3.04. The van der Waals surface area contributed by atoms with Gasteiger partial charge in [-0.25, -0.2) is 4.79 Å². The molecule has 0 spiro atoms. The topological polar surface area (TPSA) is 89.8 Å². The fraction of sp³-hybridized carbons (Fsp3) is 0.364. The second kappa shape index (κ2) is 3.38. The van der Waals surface area contributed by atoms with Crippen LogP contribution in [-0.2, 0) is 16.8 Å². The van der Waals surface area contributed by atoms with Crippen LogP contribution < -0.4 is 5.32 Å². The van der Waals surface area contributed by atoms with Gasteiger partial charge in [-0.3, -0.25) is 5.32 Å². The minimum atomic E-state index is -1.21. The average Bonchev–Trinajstić information content (AvgIpc) is 2.21. The van der Waals surface area contributed by atoms with Gasteiger partial charge in [0.1, 0.15) is 5.54 Å². The zero-order chi connectivity index (χ0) is 11.9. The Morgan fingerprint density at radius 3 is 2.62 bits per heavy atom. The molecule has 0 radical (unpaired) electrons. The Labute approximate surface area is 92.3 Å². The van der Waals surface area contributed by atoms with Crippen molar-refractivity contribution >= 4 is 5.97 Å². The molecule has 1 aliphatic heterocycles. The summed E-state index contributed by atoms with van der Waals surface area (Å²) in [5.74, 6) is -1.51. The van der Waals surface area contributed by atoms with E-state index in [0.717, 1.165) is 5.56 Å². The number of benzene rings is 1. The second-order valence-corrected chi connectivity index (χ2v) is 4.10. The van der Waals surface area contributed by atoms with Crippen molar-refractivity contribution in [3.8, 4) is 11.5 Å². The summed E-state index contributed by atoms with van der Waals surface area (Å²) in [5, 5.41) is 30.9. The third kappa shape index (κ3) is 1.40. The van der Waals surface area contributed by atoms with Crippen molar-refractivity contribution in [2.24, 2.45) is 0 Å². The molecule has 1 heterocycles. The molecule has 0 fully saturated rings. The summed E-state index contributed by atoms with van der Waals surface area (Å²) in [6.45, 7) is 2.07. The number of carboxylic acid groups (broad SMARTS) is 1. The molecule has 1 aromatic carbocycles. The van der Waals surface area contributed by atoms with Crippen molar-refractivity contribution < 1.29 is 20.1 Å². The molecule has 5 heteroatoms. The van der Waals surface area contributed by atoms with Crippen LogP contribution in [0.2, 0.25) is 0 Å². The lowest BCUT2D eigenvalue weighted by atomic mass is 9.83. The lowest BCUT2D eigenvalue weighted by Crippen LogP contribution is -2.50. The smallest absolute Gasteiger partial charge is 0.328 e. The molecule has 2 rings (SSSR count). The minimum absolute atomic E-state index is 0.214. The van der Waals surface area contributed by atoms with Gasteiger partial charge in [-0.05, 0) is 36.6 Å². The van der Waals surface area contributed by atoms with Crippen LogP contribution in [0.1, 0.15) is 18.1 Å². The van der Waals surface area contributed by atoms with E-state index in [4.69, 9.17) is 0 Å². The van der Waals surface area contributed by atoms with E-state index in [1.807, 2.05) is 0 Å². The summed E-state index contributed by atoms with van der Waals surface area (Å²) < 4.78 is 0. The molecular weight excluding hydrogens is 210 g/mol. The van der Waals surface area contributed by atoms with Gasteiger partial charge >= 0.3 is 5.97 Å². The summed E-state index contributed by atoms with van der Waals surface area (Å²) in [6.07, 6.45) is 0.631. The molecular formula is C11H13NO4. The van der Waals surface area contributed by atoms with Gasteiger partial charge in [-0.15, -0.1) is 0 Å². The van der Waals surface area contributed by atoms with Gasteiger partial charge in [0.05, 0.1) is 0 Å². The van der Waals surface area contributed by atoms with Crippen LogP contribution in [0, 0.1) is 0 Å². The number of aliphatic carboxylic acids is 1. The number of carboxylic acids is 1. The fourth-order valence-electron chi connectivity index (χ4n) is 2.03. The van der Waals surface area contributed by atoms with E-state index in [0.29, 0.717) is 18.5 Å². The van der Waals surface area contributed by atoms with E-state index in [1.165, 1.54) is 12.1 Å².